The lowest BCUT2D eigenvalue weighted by atomic mass is 10.00. The first-order valence-electron chi connectivity index (χ1n) is 18.9. The first-order valence-corrected chi connectivity index (χ1v) is 19.7. The molecule has 6 rings (SSSR count). The molecule has 11 nitrogen and oxygen atoms in total. The molecule has 0 radical (unpaired) electrons. The van der Waals surface area contributed by atoms with E-state index in [9.17, 15) is 9.59 Å². The van der Waals surface area contributed by atoms with Gasteiger partial charge in [-0.3, -0.25) is 14.7 Å². The van der Waals surface area contributed by atoms with Gasteiger partial charge < -0.3 is 15.0 Å². The van der Waals surface area contributed by atoms with E-state index in [1.807, 2.05) is 66.5 Å². The second-order valence-corrected chi connectivity index (χ2v) is 14.4. The van der Waals surface area contributed by atoms with Crippen LogP contribution in [0.15, 0.2) is 87.6 Å². The van der Waals surface area contributed by atoms with E-state index in [4.69, 9.17) is 4.74 Å². The number of hydrogen-bond donors (Lipinski definition) is 4. The number of ether oxygens (including phenoxy) is 1. The summed E-state index contributed by atoms with van der Waals surface area (Å²) < 4.78 is 7.98. The van der Waals surface area contributed by atoms with Crippen LogP contribution in [0.3, 0.4) is 0 Å². The van der Waals surface area contributed by atoms with Crippen LogP contribution in [0.4, 0.5) is 17.2 Å². The molecule has 0 aliphatic carbocycles. The van der Waals surface area contributed by atoms with Gasteiger partial charge >= 0.3 is 0 Å². The van der Waals surface area contributed by atoms with Crippen molar-refractivity contribution in [1.29, 1.82) is 0 Å². The zero-order valence-corrected chi connectivity index (χ0v) is 31.4. The highest BCUT2D eigenvalue weighted by Gasteiger charge is 2.29. The Morgan fingerprint density at radius 3 is 2.35 bits per heavy atom. The van der Waals surface area contributed by atoms with Crippen molar-refractivity contribution in [2.24, 2.45) is 5.10 Å². The number of benzene rings is 3. The molecule has 12 heteroatoms. The molecule has 0 spiro atoms. The van der Waals surface area contributed by atoms with Crippen LogP contribution >= 0.6 is 11.8 Å². The summed E-state index contributed by atoms with van der Waals surface area (Å²) in [5.74, 6) is 1.37. The van der Waals surface area contributed by atoms with Gasteiger partial charge in [-0.05, 0) is 110 Å². The first-order chi connectivity index (χ1) is 25.5. The molecule has 1 unspecified atom stereocenters. The fraction of sp³-hybridized carbons (Fsp3) is 0.425. The van der Waals surface area contributed by atoms with Gasteiger partial charge in [0.05, 0.1) is 11.4 Å². The normalized spacial score (nSPS) is 14.7. The van der Waals surface area contributed by atoms with Gasteiger partial charge in [0.15, 0.2) is 6.10 Å². The third-order valence-electron chi connectivity index (χ3n) is 9.53. The minimum atomic E-state index is -0.637. The Kier molecular flexibility index (Phi) is 13.0. The quantitative estimate of drug-likeness (QED) is 0.0812. The largest absolute Gasteiger partial charge is 0.480 e. The second kappa shape index (κ2) is 18.2. The van der Waals surface area contributed by atoms with E-state index in [2.05, 4.69) is 63.5 Å². The molecule has 3 aromatic carbocycles. The van der Waals surface area contributed by atoms with Crippen LogP contribution in [0, 0.1) is 0 Å². The summed E-state index contributed by atoms with van der Waals surface area (Å²) in [6.45, 7) is 8.15. The van der Waals surface area contributed by atoms with Crippen molar-refractivity contribution in [1.82, 2.24) is 20.9 Å². The summed E-state index contributed by atoms with van der Waals surface area (Å²) >= 11 is 1.31. The van der Waals surface area contributed by atoms with Crippen LogP contribution < -0.4 is 36.6 Å². The van der Waals surface area contributed by atoms with E-state index in [1.165, 1.54) is 48.6 Å². The monoisotopic (exact) mass is 724 g/mol. The molecule has 1 atom stereocenters. The fourth-order valence-electron chi connectivity index (χ4n) is 6.61. The van der Waals surface area contributed by atoms with Crippen LogP contribution in [0.25, 0.3) is 5.69 Å². The van der Waals surface area contributed by atoms with E-state index in [-0.39, 0.29) is 11.5 Å². The van der Waals surface area contributed by atoms with Gasteiger partial charge in [-0.25, -0.2) is 15.2 Å². The second-order valence-electron chi connectivity index (χ2n) is 13.4. The van der Waals surface area contributed by atoms with Crippen LogP contribution in [-0.4, -0.2) is 40.0 Å². The molecule has 0 bridgehead atoms. The number of rotatable bonds is 17. The number of amides is 1. The van der Waals surface area contributed by atoms with Crippen molar-refractivity contribution in [3.63, 3.8) is 0 Å². The Hall–Kier alpha value is -4.68. The van der Waals surface area contributed by atoms with Crippen molar-refractivity contribution >= 4 is 40.0 Å². The molecule has 2 aliphatic rings. The molecule has 3 heterocycles. The van der Waals surface area contributed by atoms with Gasteiger partial charge in [0.1, 0.15) is 16.5 Å². The maximum Gasteiger partial charge on any atom is 0.287 e. The number of unbranched alkanes of at least 4 members (excludes halogenated alkanes) is 4. The lowest BCUT2D eigenvalue weighted by Crippen LogP contribution is -2.40. The standard InChI is InChI=1S/C40H52N8O3S/c1-4-7-10-16-29-20-25-35(30(28-29)17-11-8-5-2)51-34(6-3)38(49)41-31-21-23-33(24-22-31)47-39(50)36(37(43-47)46-26-14-15-27-46)52-40-42-44-45-48(40)32-18-12-9-13-19-32/h9,12-13,18-25,28,34,43-45H,4-8,10-11,14-17,26-27H2,1-3H3,(H,41,49). The molecular weight excluding hydrogens is 673 g/mol. The Morgan fingerprint density at radius 1 is 0.904 bits per heavy atom. The van der Waals surface area contributed by atoms with E-state index < -0.39 is 6.10 Å². The topological polar surface area (TPSA) is 119 Å². The SMILES string of the molecule is CCCCCc1ccc(OC(CC)C(=O)Nc2ccc(-n3[nH]c(N4CCCC4)c(SC4=NNNN4c4ccccc4)c3=O)cc2)c(CCCCC)c1. The third kappa shape index (κ3) is 9.02. The minimum absolute atomic E-state index is 0.170. The predicted molar refractivity (Wildman–Crippen MR) is 213 cm³/mol. The maximum absolute atomic E-state index is 14.0. The summed E-state index contributed by atoms with van der Waals surface area (Å²) in [6.07, 6.45) is 11.1. The van der Waals surface area contributed by atoms with Gasteiger partial charge in [-0.2, -0.15) is 0 Å². The number of para-hydroxylation sites is 1. The van der Waals surface area contributed by atoms with Crippen LogP contribution in [-0.2, 0) is 17.6 Å². The Labute approximate surface area is 311 Å². The average Bonchev–Trinajstić information content (AvgIpc) is 3.94. The highest BCUT2D eigenvalue weighted by Crippen LogP contribution is 2.33. The highest BCUT2D eigenvalue weighted by atomic mass is 32.2. The number of aromatic amines is 1. The Balaban J connectivity index is 1.16. The number of aromatic nitrogens is 2. The van der Waals surface area contributed by atoms with Crippen molar-refractivity contribution in [2.75, 3.05) is 28.3 Å². The molecule has 0 saturated carbocycles. The smallest absolute Gasteiger partial charge is 0.287 e. The number of amidine groups is 1. The van der Waals surface area contributed by atoms with Gasteiger partial charge in [0.2, 0.25) is 5.17 Å². The fourth-order valence-corrected chi connectivity index (χ4v) is 7.57. The molecule has 52 heavy (non-hydrogen) atoms. The summed E-state index contributed by atoms with van der Waals surface area (Å²) in [7, 11) is 0. The van der Waals surface area contributed by atoms with Gasteiger partial charge in [0.25, 0.3) is 11.5 Å². The summed E-state index contributed by atoms with van der Waals surface area (Å²) in [4.78, 5) is 30.3. The van der Waals surface area contributed by atoms with Crippen LogP contribution in [0.1, 0.15) is 89.7 Å². The summed E-state index contributed by atoms with van der Waals surface area (Å²) in [6, 6.07) is 23.6. The highest BCUT2D eigenvalue weighted by molar-refractivity contribution is 8.14. The number of H-pyrrole nitrogens is 1. The lowest BCUT2D eigenvalue weighted by molar-refractivity contribution is -0.122. The van der Waals surface area contributed by atoms with E-state index in [0.29, 0.717) is 27.9 Å². The number of hydrazone groups is 1. The van der Waals surface area contributed by atoms with Crippen LogP contribution in [0.2, 0.25) is 0 Å². The van der Waals surface area contributed by atoms with Gasteiger partial charge in [-0.15, -0.1) is 10.6 Å². The number of aryl methyl sites for hydroxylation is 2. The number of hydrazine groups is 2. The Morgan fingerprint density at radius 2 is 1.63 bits per heavy atom. The third-order valence-corrected chi connectivity index (χ3v) is 10.6. The number of thioether (sulfide) groups is 1. The summed E-state index contributed by atoms with van der Waals surface area (Å²) in [5.41, 5.74) is 10.4. The molecule has 4 N–H and O–H groups in total. The number of nitrogens with zero attached hydrogens (tertiary/aromatic N) is 4. The average molecular weight is 725 g/mol. The molecule has 1 fully saturated rings. The lowest BCUT2D eigenvalue weighted by Gasteiger charge is -2.20. The predicted octanol–water partition coefficient (Wildman–Crippen LogP) is 7.92. The van der Waals surface area contributed by atoms with Gasteiger partial charge in [-0.1, -0.05) is 76.8 Å². The number of hydrogen-bond acceptors (Lipinski definition) is 9. The molecule has 1 aromatic heterocycles. The molecule has 1 saturated heterocycles. The maximum atomic E-state index is 14.0. The molecular formula is C40H52N8O3S. The van der Waals surface area contributed by atoms with E-state index in [0.717, 1.165) is 68.9 Å². The Bertz CT molecular complexity index is 1850. The number of anilines is 3. The molecule has 4 aromatic rings. The van der Waals surface area contributed by atoms with Crippen molar-refractivity contribution < 1.29 is 9.53 Å². The number of carbonyl (C=O) groups excluding carboxylic acids is 1. The first kappa shape index (κ1) is 37.1. The van der Waals surface area contributed by atoms with Gasteiger partial charge in [0, 0.05) is 18.8 Å². The van der Waals surface area contributed by atoms with E-state index in [1.54, 1.807) is 4.68 Å². The number of carbonyl (C=O) groups is 1. The minimum Gasteiger partial charge on any atom is -0.480 e. The molecule has 1 amide bonds. The zero-order chi connectivity index (χ0) is 36.3. The summed E-state index contributed by atoms with van der Waals surface area (Å²) in [5, 5.41) is 13.3. The van der Waals surface area contributed by atoms with Crippen molar-refractivity contribution in [3.05, 3.63) is 94.3 Å². The van der Waals surface area contributed by atoms with Crippen molar-refractivity contribution in [2.45, 2.75) is 102 Å². The van der Waals surface area contributed by atoms with Crippen LogP contribution in [0.5, 0.6) is 5.75 Å². The van der Waals surface area contributed by atoms with E-state index >= 15 is 0 Å². The zero-order valence-electron chi connectivity index (χ0n) is 30.6. The number of nitrogens with one attached hydrogen (secondary N) is 4. The molecule has 2 aliphatic heterocycles. The molecule has 276 valence electrons. The van der Waals surface area contributed by atoms with Crippen molar-refractivity contribution in [3.8, 4) is 11.4 Å².